The molecule has 0 aliphatic carbocycles. The van der Waals surface area contributed by atoms with Crippen LogP contribution in [0.3, 0.4) is 0 Å². The van der Waals surface area contributed by atoms with Crippen LogP contribution in [0.15, 0.2) is 24.3 Å². The van der Waals surface area contributed by atoms with E-state index in [4.69, 9.17) is 4.74 Å². The smallest absolute Gasteiger partial charge is 0.408 e. The van der Waals surface area contributed by atoms with Crippen molar-refractivity contribution in [2.45, 2.75) is 97.5 Å². The summed E-state index contributed by atoms with van der Waals surface area (Å²) in [4.78, 5) is 40.8. The summed E-state index contributed by atoms with van der Waals surface area (Å²) in [6.07, 6.45) is 0.785. The highest BCUT2D eigenvalue weighted by molar-refractivity contribution is 5.92. The van der Waals surface area contributed by atoms with Crippen molar-refractivity contribution < 1.29 is 29.3 Å². The SMILES string of the molecule is CCCC(C)NC(=O)C(c1ccc(O)cc1)N(C(=O)C(CO)NC(=O)OC(C)(C)C)C(C)(C)C. The van der Waals surface area contributed by atoms with Gasteiger partial charge in [-0.25, -0.2) is 4.79 Å². The molecule has 9 heteroatoms. The first kappa shape index (κ1) is 29.2. The third kappa shape index (κ3) is 8.85. The van der Waals surface area contributed by atoms with Gasteiger partial charge in [0.25, 0.3) is 0 Å². The van der Waals surface area contributed by atoms with Crippen LogP contribution in [0.4, 0.5) is 4.79 Å². The summed E-state index contributed by atoms with van der Waals surface area (Å²) in [5, 5.41) is 25.1. The summed E-state index contributed by atoms with van der Waals surface area (Å²) in [6, 6.07) is 3.52. The Kier molecular flexibility index (Phi) is 10.4. The number of amides is 3. The molecule has 4 N–H and O–H groups in total. The molecule has 1 aromatic carbocycles. The Morgan fingerprint density at radius 2 is 1.59 bits per heavy atom. The van der Waals surface area contributed by atoms with Gasteiger partial charge in [-0.05, 0) is 72.6 Å². The predicted octanol–water partition coefficient (Wildman–Crippen LogP) is 3.25. The van der Waals surface area contributed by atoms with Gasteiger partial charge in [0, 0.05) is 11.6 Å². The molecule has 3 unspecified atom stereocenters. The van der Waals surface area contributed by atoms with E-state index in [9.17, 15) is 24.6 Å². The van der Waals surface area contributed by atoms with Crippen LogP contribution in [0, 0.1) is 0 Å². The Labute approximate surface area is 202 Å². The molecule has 0 saturated heterocycles. The van der Waals surface area contributed by atoms with Crippen LogP contribution in [0.5, 0.6) is 5.75 Å². The van der Waals surface area contributed by atoms with Crippen LogP contribution in [-0.4, -0.2) is 62.9 Å². The first-order valence-corrected chi connectivity index (χ1v) is 11.6. The van der Waals surface area contributed by atoms with Crippen molar-refractivity contribution in [3.8, 4) is 5.75 Å². The van der Waals surface area contributed by atoms with E-state index < -0.39 is 47.7 Å². The fraction of sp³-hybridized carbons (Fsp3) is 0.640. The molecule has 0 saturated carbocycles. The highest BCUT2D eigenvalue weighted by Gasteiger charge is 2.42. The molecule has 3 atom stereocenters. The van der Waals surface area contributed by atoms with Crippen molar-refractivity contribution in [3.05, 3.63) is 29.8 Å². The van der Waals surface area contributed by atoms with Gasteiger partial charge in [-0.15, -0.1) is 0 Å². The van der Waals surface area contributed by atoms with Gasteiger partial charge in [0.2, 0.25) is 11.8 Å². The van der Waals surface area contributed by atoms with E-state index in [-0.39, 0.29) is 11.8 Å². The lowest BCUT2D eigenvalue weighted by atomic mass is 9.95. The summed E-state index contributed by atoms with van der Waals surface area (Å²) < 4.78 is 5.23. The first-order chi connectivity index (χ1) is 15.6. The third-order valence-electron chi connectivity index (χ3n) is 4.96. The number of nitrogens with zero attached hydrogens (tertiary/aromatic N) is 1. The van der Waals surface area contributed by atoms with Gasteiger partial charge in [-0.1, -0.05) is 25.5 Å². The van der Waals surface area contributed by atoms with Gasteiger partial charge in [0.05, 0.1) is 6.61 Å². The van der Waals surface area contributed by atoms with E-state index in [0.29, 0.717) is 5.56 Å². The van der Waals surface area contributed by atoms with Gasteiger partial charge < -0.3 is 30.5 Å². The molecular weight excluding hydrogens is 438 g/mol. The molecule has 1 aromatic rings. The Morgan fingerprint density at radius 1 is 1.03 bits per heavy atom. The van der Waals surface area contributed by atoms with Crippen molar-refractivity contribution in [1.29, 1.82) is 0 Å². The molecule has 0 heterocycles. The molecule has 0 spiro atoms. The number of carbonyl (C=O) groups excluding carboxylic acids is 3. The first-order valence-electron chi connectivity index (χ1n) is 11.6. The minimum Gasteiger partial charge on any atom is -0.508 e. The van der Waals surface area contributed by atoms with E-state index in [0.717, 1.165) is 12.8 Å². The minimum atomic E-state index is -1.32. The fourth-order valence-corrected chi connectivity index (χ4v) is 3.55. The van der Waals surface area contributed by atoms with E-state index in [1.54, 1.807) is 53.7 Å². The number of aliphatic hydroxyl groups excluding tert-OH is 1. The van der Waals surface area contributed by atoms with Gasteiger partial charge >= 0.3 is 6.09 Å². The predicted molar refractivity (Wildman–Crippen MR) is 130 cm³/mol. The zero-order valence-electron chi connectivity index (χ0n) is 21.6. The molecule has 192 valence electrons. The molecule has 0 fully saturated rings. The molecular formula is C25H41N3O6. The van der Waals surface area contributed by atoms with Crippen LogP contribution in [0.2, 0.25) is 0 Å². The van der Waals surface area contributed by atoms with Crippen LogP contribution in [-0.2, 0) is 14.3 Å². The Balaban J connectivity index is 3.44. The van der Waals surface area contributed by atoms with Crippen LogP contribution in [0.1, 0.15) is 79.8 Å². The van der Waals surface area contributed by atoms with Crippen LogP contribution in [0.25, 0.3) is 0 Å². The summed E-state index contributed by atoms with van der Waals surface area (Å²) >= 11 is 0. The molecule has 0 radical (unpaired) electrons. The fourth-order valence-electron chi connectivity index (χ4n) is 3.55. The van der Waals surface area contributed by atoms with Crippen molar-refractivity contribution in [3.63, 3.8) is 0 Å². The Hall–Kier alpha value is -2.81. The lowest BCUT2D eigenvalue weighted by molar-refractivity contribution is -0.149. The van der Waals surface area contributed by atoms with E-state index >= 15 is 0 Å². The Bertz CT molecular complexity index is 827. The van der Waals surface area contributed by atoms with E-state index in [2.05, 4.69) is 10.6 Å². The average molecular weight is 480 g/mol. The number of phenols is 1. The maximum Gasteiger partial charge on any atom is 0.408 e. The third-order valence-corrected chi connectivity index (χ3v) is 4.96. The van der Waals surface area contributed by atoms with Gasteiger partial charge in [0.15, 0.2) is 0 Å². The maximum atomic E-state index is 13.7. The van der Waals surface area contributed by atoms with Gasteiger partial charge in [-0.3, -0.25) is 9.59 Å². The topological polar surface area (TPSA) is 128 Å². The molecule has 0 aromatic heterocycles. The molecule has 3 amide bonds. The number of hydrogen-bond acceptors (Lipinski definition) is 6. The summed E-state index contributed by atoms with van der Waals surface area (Å²) in [6.45, 7) is 13.6. The van der Waals surface area contributed by atoms with Crippen molar-refractivity contribution in [1.82, 2.24) is 15.5 Å². The number of benzene rings is 1. The highest BCUT2D eigenvalue weighted by atomic mass is 16.6. The quantitative estimate of drug-likeness (QED) is 0.430. The number of phenolic OH excluding ortho intramolecular Hbond substituents is 1. The molecule has 0 aliphatic rings. The molecule has 9 nitrogen and oxygen atoms in total. The number of alkyl carbamates (subject to hydrolysis) is 1. The highest BCUT2D eigenvalue weighted by Crippen LogP contribution is 2.31. The zero-order chi connectivity index (χ0) is 26.3. The minimum absolute atomic E-state index is 0.0238. The van der Waals surface area contributed by atoms with Gasteiger partial charge in [-0.2, -0.15) is 0 Å². The largest absolute Gasteiger partial charge is 0.508 e. The van der Waals surface area contributed by atoms with Crippen LogP contribution >= 0.6 is 0 Å². The van der Waals surface area contributed by atoms with Gasteiger partial charge in [0.1, 0.15) is 23.4 Å². The molecule has 0 aliphatic heterocycles. The maximum absolute atomic E-state index is 13.7. The number of nitrogens with one attached hydrogen (secondary N) is 2. The van der Waals surface area contributed by atoms with E-state index in [1.807, 2.05) is 13.8 Å². The second kappa shape index (κ2) is 12.1. The number of rotatable bonds is 9. The summed E-state index contributed by atoms with van der Waals surface area (Å²) in [5.74, 6) is -1.02. The second-order valence-electron chi connectivity index (χ2n) is 10.5. The summed E-state index contributed by atoms with van der Waals surface area (Å²) in [5.41, 5.74) is -1.18. The number of carbonyl (C=O) groups is 3. The average Bonchev–Trinajstić information content (AvgIpc) is 2.68. The number of hydrogen-bond donors (Lipinski definition) is 4. The van der Waals surface area contributed by atoms with Crippen molar-refractivity contribution >= 4 is 17.9 Å². The molecule has 34 heavy (non-hydrogen) atoms. The lowest BCUT2D eigenvalue weighted by Gasteiger charge is -2.43. The normalized spacial score (nSPS) is 14.5. The van der Waals surface area contributed by atoms with Crippen molar-refractivity contribution in [2.75, 3.05) is 6.61 Å². The second-order valence-corrected chi connectivity index (χ2v) is 10.5. The number of ether oxygens (including phenoxy) is 1. The summed E-state index contributed by atoms with van der Waals surface area (Å²) in [7, 11) is 0. The molecule has 0 bridgehead atoms. The van der Waals surface area contributed by atoms with Crippen molar-refractivity contribution in [2.24, 2.45) is 0 Å². The van der Waals surface area contributed by atoms with E-state index in [1.165, 1.54) is 17.0 Å². The lowest BCUT2D eigenvalue weighted by Crippen LogP contribution is -2.59. The monoisotopic (exact) mass is 479 g/mol. The standard InChI is InChI=1S/C25H41N3O6/c1-9-10-16(2)26-21(31)20(17-11-13-18(30)14-12-17)28(24(3,4)5)22(32)19(15-29)27-23(33)34-25(6,7)8/h11-14,16,19-20,29-30H,9-10,15H2,1-8H3,(H,26,31)(H,27,33). The Morgan fingerprint density at radius 3 is 2.03 bits per heavy atom. The zero-order valence-corrected chi connectivity index (χ0v) is 21.6. The van der Waals surface area contributed by atoms with Crippen LogP contribution < -0.4 is 10.6 Å². The number of aromatic hydroxyl groups is 1. The number of aliphatic hydroxyl groups is 1. The molecule has 1 rings (SSSR count).